The summed E-state index contributed by atoms with van der Waals surface area (Å²) >= 11 is 1.82. The van der Waals surface area contributed by atoms with Gasteiger partial charge in [0.05, 0.1) is 5.75 Å². The van der Waals surface area contributed by atoms with Crippen molar-refractivity contribution in [1.29, 1.82) is 0 Å². The standard InChI is InChI=1S/C10H19N3OS/c1-3-5-13-10(11-8-12-13)7-15-9(2)4-6-14/h8-9,14H,3-7H2,1-2H3. The van der Waals surface area contributed by atoms with Gasteiger partial charge in [-0.3, -0.25) is 0 Å². The second-order valence-electron chi connectivity index (χ2n) is 3.53. The Morgan fingerprint density at radius 3 is 3.07 bits per heavy atom. The number of hydrogen-bond donors (Lipinski definition) is 1. The molecule has 0 aliphatic rings. The van der Waals surface area contributed by atoms with Crippen LogP contribution in [-0.2, 0) is 12.3 Å². The lowest BCUT2D eigenvalue weighted by Gasteiger charge is -2.09. The molecule has 1 unspecified atom stereocenters. The first-order valence-corrected chi connectivity index (χ1v) is 6.42. The molecule has 1 aromatic heterocycles. The molecule has 0 fully saturated rings. The van der Waals surface area contributed by atoms with Gasteiger partial charge in [0.25, 0.3) is 0 Å². The molecule has 0 amide bonds. The first-order valence-electron chi connectivity index (χ1n) is 5.37. The molecule has 1 heterocycles. The van der Waals surface area contributed by atoms with Crippen LogP contribution in [0.2, 0.25) is 0 Å². The number of aliphatic hydroxyl groups is 1. The molecule has 86 valence electrons. The molecule has 4 nitrogen and oxygen atoms in total. The molecule has 0 spiro atoms. The molecule has 1 rings (SSSR count). The lowest BCUT2D eigenvalue weighted by Crippen LogP contribution is -2.06. The highest BCUT2D eigenvalue weighted by molar-refractivity contribution is 7.99. The van der Waals surface area contributed by atoms with Crippen LogP contribution in [0.15, 0.2) is 6.33 Å². The smallest absolute Gasteiger partial charge is 0.138 e. The van der Waals surface area contributed by atoms with Crippen LogP contribution in [0.3, 0.4) is 0 Å². The predicted molar refractivity (Wildman–Crippen MR) is 62.8 cm³/mol. The number of thioether (sulfide) groups is 1. The van der Waals surface area contributed by atoms with Crippen molar-refractivity contribution in [2.24, 2.45) is 0 Å². The fraction of sp³-hybridized carbons (Fsp3) is 0.800. The Kier molecular flexibility index (Phi) is 5.71. The van der Waals surface area contributed by atoms with E-state index in [2.05, 4.69) is 23.9 Å². The fourth-order valence-electron chi connectivity index (χ4n) is 1.28. The Morgan fingerprint density at radius 1 is 1.60 bits per heavy atom. The maximum atomic E-state index is 8.79. The van der Waals surface area contributed by atoms with Gasteiger partial charge >= 0.3 is 0 Å². The van der Waals surface area contributed by atoms with Gasteiger partial charge < -0.3 is 5.11 Å². The van der Waals surface area contributed by atoms with Crippen molar-refractivity contribution in [2.75, 3.05) is 6.61 Å². The van der Waals surface area contributed by atoms with Crippen LogP contribution in [0.1, 0.15) is 32.5 Å². The third-order valence-corrected chi connectivity index (χ3v) is 3.39. The zero-order valence-electron chi connectivity index (χ0n) is 9.39. The summed E-state index contributed by atoms with van der Waals surface area (Å²) in [5.74, 6) is 1.91. The molecule has 0 aliphatic heterocycles. The van der Waals surface area contributed by atoms with E-state index in [1.165, 1.54) is 0 Å². The quantitative estimate of drug-likeness (QED) is 0.773. The Balaban J connectivity index is 2.39. The largest absolute Gasteiger partial charge is 0.396 e. The van der Waals surface area contributed by atoms with E-state index in [4.69, 9.17) is 5.11 Å². The normalized spacial score (nSPS) is 13.0. The molecule has 0 saturated heterocycles. The van der Waals surface area contributed by atoms with Gasteiger partial charge in [-0.05, 0) is 12.8 Å². The molecule has 0 radical (unpaired) electrons. The number of rotatable bonds is 7. The van der Waals surface area contributed by atoms with Crippen LogP contribution in [0.25, 0.3) is 0 Å². The minimum absolute atomic E-state index is 0.260. The summed E-state index contributed by atoms with van der Waals surface area (Å²) in [5, 5.41) is 13.4. The minimum Gasteiger partial charge on any atom is -0.396 e. The summed E-state index contributed by atoms with van der Waals surface area (Å²) < 4.78 is 1.96. The lowest BCUT2D eigenvalue weighted by molar-refractivity contribution is 0.289. The average molecular weight is 229 g/mol. The summed E-state index contributed by atoms with van der Waals surface area (Å²) in [5.41, 5.74) is 0. The van der Waals surface area contributed by atoms with Gasteiger partial charge in [-0.15, -0.1) is 0 Å². The molecular weight excluding hydrogens is 210 g/mol. The summed E-state index contributed by atoms with van der Waals surface area (Å²) in [4.78, 5) is 4.24. The van der Waals surface area contributed by atoms with E-state index < -0.39 is 0 Å². The highest BCUT2D eigenvalue weighted by atomic mass is 32.2. The summed E-state index contributed by atoms with van der Waals surface area (Å²) in [6, 6.07) is 0. The molecule has 1 aromatic rings. The summed E-state index contributed by atoms with van der Waals surface area (Å²) in [6.45, 7) is 5.45. The molecular formula is C10H19N3OS. The summed E-state index contributed by atoms with van der Waals surface area (Å²) in [7, 11) is 0. The number of nitrogens with zero attached hydrogens (tertiary/aromatic N) is 3. The Morgan fingerprint density at radius 2 is 2.40 bits per heavy atom. The van der Waals surface area contributed by atoms with E-state index in [0.29, 0.717) is 5.25 Å². The van der Waals surface area contributed by atoms with Crippen molar-refractivity contribution in [1.82, 2.24) is 14.8 Å². The lowest BCUT2D eigenvalue weighted by atomic mass is 10.3. The van der Waals surface area contributed by atoms with Crippen molar-refractivity contribution >= 4 is 11.8 Å². The van der Waals surface area contributed by atoms with Crippen LogP contribution in [-0.4, -0.2) is 31.7 Å². The van der Waals surface area contributed by atoms with Crippen LogP contribution < -0.4 is 0 Å². The molecule has 1 atom stereocenters. The van der Waals surface area contributed by atoms with Crippen LogP contribution in [0.5, 0.6) is 0 Å². The Labute approximate surface area is 95.1 Å². The topological polar surface area (TPSA) is 50.9 Å². The summed E-state index contributed by atoms with van der Waals surface area (Å²) in [6.07, 6.45) is 3.53. The zero-order valence-corrected chi connectivity index (χ0v) is 10.2. The van der Waals surface area contributed by atoms with E-state index in [1.807, 2.05) is 16.4 Å². The van der Waals surface area contributed by atoms with Gasteiger partial charge in [0, 0.05) is 18.4 Å². The Bertz CT molecular complexity index is 277. The highest BCUT2D eigenvalue weighted by Crippen LogP contribution is 2.18. The van der Waals surface area contributed by atoms with E-state index in [-0.39, 0.29) is 6.61 Å². The third-order valence-electron chi connectivity index (χ3n) is 2.16. The molecule has 0 bridgehead atoms. The molecule has 0 saturated carbocycles. The number of hydrogen-bond acceptors (Lipinski definition) is 4. The predicted octanol–water partition coefficient (Wildman–Crippen LogP) is 1.69. The van der Waals surface area contributed by atoms with Crippen molar-refractivity contribution in [3.63, 3.8) is 0 Å². The number of aromatic nitrogens is 3. The highest BCUT2D eigenvalue weighted by Gasteiger charge is 2.07. The second-order valence-corrected chi connectivity index (χ2v) is 4.96. The van der Waals surface area contributed by atoms with E-state index in [1.54, 1.807) is 6.33 Å². The fourth-order valence-corrected chi connectivity index (χ4v) is 2.21. The van der Waals surface area contributed by atoms with E-state index in [9.17, 15) is 0 Å². The zero-order chi connectivity index (χ0) is 11.1. The maximum Gasteiger partial charge on any atom is 0.138 e. The molecule has 15 heavy (non-hydrogen) atoms. The van der Waals surface area contributed by atoms with Gasteiger partial charge in [-0.1, -0.05) is 13.8 Å². The first-order chi connectivity index (χ1) is 7.27. The van der Waals surface area contributed by atoms with Crippen LogP contribution in [0, 0.1) is 0 Å². The average Bonchev–Trinajstić information content (AvgIpc) is 2.64. The van der Waals surface area contributed by atoms with Crippen LogP contribution >= 0.6 is 11.8 Å². The SMILES string of the molecule is CCCn1ncnc1CSC(C)CCO. The van der Waals surface area contributed by atoms with Crippen molar-refractivity contribution in [3.8, 4) is 0 Å². The molecule has 0 aromatic carbocycles. The Hall–Kier alpha value is -0.550. The molecule has 1 N–H and O–H groups in total. The van der Waals surface area contributed by atoms with Crippen molar-refractivity contribution in [3.05, 3.63) is 12.2 Å². The van der Waals surface area contributed by atoms with E-state index in [0.717, 1.165) is 31.0 Å². The van der Waals surface area contributed by atoms with Crippen molar-refractivity contribution < 1.29 is 5.11 Å². The third kappa shape index (κ3) is 4.22. The minimum atomic E-state index is 0.260. The monoisotopic (exact) mass is 229 g/mol. The van der Waals surface area contributed by atoms with Gasteiger partial charge in [0.15, 0.2) is 0 Å². The van der Waals surface area contributed by atoms with Gasteiger partial charge in [-0.25, -0.2) is 9.67 Å². The van der Waals surface area contributed by atoms with Crippen molar-refractivity contribution in [2.45, 2.75) is 44.2 Å². The van der Waals surface area contributed by atoms with E-state index >= 15 is 0 Å². The van der Waals surface area contributed by atoms with Gasteiger partial charge in [-0.2, -0.15) is 16.9 Å². The number of aryl methyl sites for hydroxylation is 1. The second kappa shape index (κ2) is 6.85. The maximum absolute atomic E-state index is 8.79. The number of aliphatic hydroxyl groups excluding tert-OH is 1. The molecule has 0 aliphatic carbocycles. The van der Waals surface area contributed by atoms with Crippen LogP contribution in [0.4, 0.5) is 0 Å². The van der Waals surface area contributed by atoms with Gasteiger partial charge in [0.1, 0.15) is 12.2 Å². The first kappa shape index (κ1) is 12.5. The molecule has 5 heteroatoms. The van der Waals surface area contributed by atoms with Gasteiger partial charge in [0.2, 0.25) is 0 Å².